The summed E-state index contributed by atoms with van der Waals surface area (Å²) in [6, 6.07) is 18.4. The zero-order chi connectivity index (χ0) is 24.2. The summed E-state index contributed by atoms with van der Waals surface area (Å²) in [5.74, 6) is 0. The van der Waals surface area contributed by atoms with Gasteiger partial charge in [0.25, 0.3) is 0 Å². The molecule has 0 radical (unpaired) electrons. The zero-order valence-corrected chi connectivity index (χ0v) is 24.9. The molecule has 198 valence electrons. The number of halogens is 2. The number of hydrogen-bond donors (Lipinski definition) is 2. The van der Waals surface area contributed by atoms with Crippen LogP contribution in [0.4, 0.5) is 0 Å². The van der Waals surface area contributed by atoms with Gasteiger partial charge >= 0.3 is 0 Å². The molecule has 0 aliphatic rings. The van der Waals surface area contributed by atoms with Gasteiger partial charge in [0.15, 0.2) is 36.9 Å². The second kappa shape index (κ2) is 17.8. The van der Waals surface area contributed by atoms with Crippen LogP contribution in [-0.2, 0) is 12.8 Å². The first-order valence-corrected chi connectivity index (χ1v) is 13.0. The third-order valence-electron chi connectivity index (χ3n) is 6.56. The monoisotopic (exact) mass is 620 g/mol. The molecule has 0 aliphatic carbocycles. The van der Waals surface area contributed by atoms with Crippen molar-refractivity contribution in [1.82, 2.24) is 0 Å². The average Bonchev–Trinajstić information content (AvgIpc) is 2.88. The number of aliphatic hydroxyl groups excluding tert-OH is 2. The van der Waals surface area contributed by atoms with Crippen LogP contribution in [-0.4, -0.2) is 23.4 Å². The first-order valence-electron chi connectivity index (χ1n) is 13.0. The van der Waals surface area contributed by atoms with Crippen LogP contribution in [0.25, 0.3) is 0 Å². The molecule has 1 aromatic carbocycles. The molecule has 0 bridgehead atoms. The van der Waals surface area contributed by atoms with Gasteiger partial charge in [-0.05, 0) is 50.7 Å². The zero-order valence-electron chi connectivity index (χ0n) is 21.7. The number of benzene rings is 1. The fourth-order valence-corrected chi connectivity index (χ4v) is 4.80. The van der Waals surface area contributed by atoms with Crippen molar-refractivity contribution < 1.29 is 53.3 Å². The van der Waals surface area contributed by atoms with Gasteiger partial charge in [0, 0.05) is 60.4 Å². The maximum absolute atomic E-state index is 9.19. The minimum absolute atomic E-state index is 0. The second-order valence-corrected chi connectivity index (χ2v) is 9.25. The number of aliphatic hydroxyl groups is 2. The maximum Gasteiger partial charge on any atom is 0.183 e. The Kier molecular flexibility index (Phi) is 16.0. The van der Waals surface area contributed by atoms with E-state index in [1.54, 1.807) is 0 Å². The summed E-state index contributed by atoms with van der Waals surface area (Å²) in [6.07, 6.45) is 16.7. The van der Waals surface area contributed by atoms with Crippen LogP contribution in [0.1, 0.15) is 86.7 Å². The van der Waals surface area contributed by atoms with Crippen molar-refractivity contribution in [3.63, 3.8) is 0 Å². The lowest BCUT2D eigenvalue weighted by molar-refractivity contribution is -0.715. The molecule has 3 aromatic rings. The van der Waals surface area contributed by atoms with E-state index < -0.39 is 0 Å². The van der Waals surface area contributed by atoms with Crippen LogP contribution in [0, 0.1) is 0 Å². The molecular weight excluding hydrogens is 580 g/mol. The summed E-state index contributed by atoms with van der Waals surface area (Å²) in [6.45, 7) is 4.95. The van der Waals surface area contributed by atoms with E-state index in [-0.39, 0.29) is 47.2 Å². The standard InChI is InChI=1S/C30H42N2O2.2BrH/c1-3-9-29(31-19-5-11-25(23-31)13-7-21-33)27-15-17-28(18-16-27)30(10-4-2)32-20-6-12-26(24-32)14-8-22-34;;/h5-6,11-12,15-20,23-24,29-30,33-34H,3-4,7-10,13-14,21-22H2,1-2H3;2*1H/q+2;;/p-2. The molecular formula is C30H42Br2N2O2. The fraction of sp³-hybridized carbons (Fsp3) is 0.467. The third-order valence-corrected chi connectivity index (χ3v) is 6.56. The summed E-state index contributed by atoms with van der Waals surface area (Å²) >= 11 is 0. The number of hydrogen-bond acceptors (Lipinski definition) is 2. The Morgan fingerprint density at radius 1 is 0.639 bits per heavy atom. The number of pyridine rings is 2. The van der Waals surface area contributed by atoms with E-state index in [2.05, 4.69) is 96.3 Å². The van der Waals surface area contributed by atoms with Gasteiger partial charge in [-0.2, -0.15) is 9.13 Å². The van der Waals surface area contributed by atoms with Crippen LogP contribution in [0.3, 0.4) is 0 Å². The Morgan fingerprint density at radius 3 is 1.36 bits per heavy atom. The Bertz CT molecular complexity index is 918. The van der Waals surface area contributed by atoms with E-state index in [9.17, 15) is 10.2 Å². The van der Waals surface area contributed by atoms with Crippen LogP contribution in [0.5, 0.6) is 0 Å². The number of aromatic nitrogens is 2. The SMILES string of the molecule is CCCC(c1ccc(C(CCC)[n+]2cccc(CCCO)c2)cc1)[n+]1cccc(CCCO)c1.[Br-].[Br-]. The first kappa shape index (κ1) is 32.4. The predicted octanol–water partition coefficient (Wildman–Crippen LogP) is -1.10. The number of aryl methyl sites for hydroxylation is 2. The Morgan fingerprint density at radius 2 is 1.03 bits per heavy atom. The van der Waals surface area contributed by atoms with E-state index in [1.807, 2.05) is 0 Å². The highest BCUT2D eigenvalue weighted by molar-refractivity contribution is 5.26. The van der Waals surface area contributed by atoms with Crippen LogP contribution < -0.4 is 43.1 Å². The van der Waals surface area contributed by atoms with E-state index in [4.69, 9.17) is 0 Å². The normalized spacial score (nSPS) is 12.3. The van der Waals surface area contributed by atoms with E-state index in [1.165, 1.54) is 22.3 Å². The lowest BCUT2D eigenvalue weighted by atomic mass is 9.96. The lowest BCUT2D eigenvalue weighted by Gasteiger charge is -2.16. The van der Waals surface area contributed by atoms with Crippen molar-refractivity contribution in [1.29, 1.82) is 0 Å². The highest BCUT2D eigenvalue weighted by Crippen LogP contribution is 2.24. The predicted molar refractivity (Wildman–Crippen MR) is 137 cm³/mol. The molecule has 36 heavy (non-hydrogen) atoms. The first-order chi connectivity index (χ1) is 16.7. The minimum Gasteiger partial charge on any atom is -1.00 e. The van der Waals surface area contributed by atoms with Crippen molar-refractivity contribution in [2.45, 2.75) is 77.3 Å². The van der Waals surface area contributed by atoms with Gasteiger partial charge in [-0.3, -0.25) is 0 Å². The van der Waals surface area contributed by atoms with Crippen LogP contribution >= 0.6 is 0 Å². The maximum atomic E-state index is 9.19. The van der Waals surface area contributed by atoms with Crippen molar-refractivity contribution in [3.05, 3.63) is 95.6 Å². The summed E-state index contributed by atoms with van der Waals surface area (Å²) in [4.78, 5) is 0. The molecule has 0 aliphatic heterocycles. The summed E-state index contributed by atoms with van der Waals surface area (Å²) in [7, 11) is 0. The largest absolute Gasteiger partial charge is 1.00 e. The van der Waals surface area contributed by atoms with Gasteiger partial charge in [-0.15, -0.1) is 0 Å². The highest BCUT2D eigenvalue weighted by Gasteiger charge is 2.24. The lowest BCUT2D eigenvalue weighted by Crippen LogP contribution is -3.00. The van der Waals surface area contributed by atoms with Gasteiger partial charge in [0.1, 0.15) is 0 Å². The van der Waals surface area contributed by atoms with Gasteiger partial charge < -0.3 is 44.2 Å². The number of rotatable bonds is 14. The summed E-state index contributed by atoms with van der Waals surface area (Å²) in [5, 5.41) is 18.4. The van der Waals surface area contributed by atoms with E-state index in [0.29, 0.717) is 12.1 Å². The Balaban J connectivity index is 0.00000324. The van der Waals surface area contributed by atoms with Crippen molar-refractivity contribution in [2.75, 3.05) is 13.2 Å². The van der Waals surface area contributed by atoms with E-state index >= 15 is 0 Å². The Labute approximate surface area is 238 Å². The van der Waals surface area contributed by atoms with Gasteiger partial charge in [0.2, 0.25) is 0 Å². The third kappa shape index (κ3) is 9.37. The van der Waals surface area contributed by atoms with Crippen LogP contribution in [0.2, 0.25) is 0 Å². The van der Waals surface area contributed by atoms with Crippen molar-refractivity contribution in [2.24, 2.45) is 0 Å². The molecule has 2 atom stereocenters. The molecule has 4 nitrogen and oxygen atoms in total. The second-order valence-electron chi connectivity index (χ2n) is 9.25. The quantitative estimate of drug-likeness (QED) is 0.225. The summed E-state index contributed by atoms with van der Waals surface area (Å²) in [5.41, 5.74) is 5.23. The molecule has 2 unspecified atom stereocenters. The van der Waals surface area contributed by atoms with E-state index in [0.717, 1.165) is 51.4 Å². The molecule has 6 heteroatoms. The molecule has 0 saturated heterocycles. The Hall–Kier alpha value is -1.60. The van der Waals surface area contributed by atoms with Gasteiger partial charge in [0.05, 0.1) is 0 Å². The topological polar surface area (TPSA) is 48.2 Å². The fourth-order valence-electron chi connectivity index (χ4n) is 4.80. The summed E-state index contributed by atoms with van der Waals surface area (Å²) < 4.78 is 4.68. The van der Waals surface area contributed by atoms with Gasteiger partial charge in [-0.1, -0.05) is 38.1 Å². The van der Waals surface area contributed by atoms with Crippen molar-refractivity contribution >= 4 is 0 Å². The molecule has 0 fully saturated rings. The number of nitrogens with zero attached hydrogens (tertiary/aromatic N) is 2. The molecule has 0 spiro atoms. The highest BCUT2D eigenvalue weighted by atomic mass is 79.9. The van der Waals surface area contributed by atoms with Crippen molar-refractivity contribution in [3.8, 4) is 0 Å². The average molecular weight is 622 g/mol. The molecule has 2 heterocycles. The minimum atomic E-state index is 0. The molecule has 0 amide bonds. The van der Waals surface area contributed by atoms with Crippen LogP contribution in [0.15, 0.2) is 73.3 Å². The molecule has 0 saturated carbocycles. The smallest absolute Gasteiger partial charge is 0.183 e. The molecule has 3 rings (SSSR count). The van der Waals surface area contributed by atoms with Gasteiger partial charge in [-0.25, -0.2) is 0 Å². The molecule has 2 aromatic heterocycles. The molecule has 2 N–H and O–H groups in total.